The SMILES string of the molecule is CC(N)=O.CCNCc1ccc(OCc2cccc(-c3ccc(OC)c(OC)c3)c2Br)cc1OCc1cccc(C#N)c1. The lowest BCUT2D eigenvalue weighted by Crippen LogP contribution is -2.13. The van der Waals surface area contributed by atoms with Crippen molar-refractivity contribution in [3.05, 3.63) is 106 Å². The fourth-order valence-corrected chi connectivity index (χ4v) is 4.74. The van der Waals surface area contributed by atoms with E-state index >= 15 is 0 Å². The monoisotopic (exact) mass is 645 g/mol. The number of nitrogens with two attached hydrogens (primary N) is 1. The maximum absolute atomic E-state index is 9.22. The van der Waals surface area contributed by atoms with Crippen molar-refractivity contribution in [1.82, 2.24) is 5.32 Å². The first-order valence-electron chi connectivity index (χ1n) is 13.6. The smallest absolute Gasteiger partial charge is 0.214 e. The highest BCUT2D eigenvalue weighted by Crippen LogP contribution is 2.37. The summed E-state index contributed by atoms with van der Waals surface area (Å²) in [4.78, 5) is 9.22. The number of rotatable bonds is 12. The Kier molecular flexibility index (Phi) is 12.9. The summed E-state index contributed by atoms with van der Waals surface area (Å²) in [5, 5.41) is 12.6. The van der Waals surface area contributed by atoms with E-state index in [-0.39, 0.29) is 5.91 Å². The number of nitrogens with zero attached hydrogens (tertiary/aromatic N) is 1. The average molecular weight is 647 g/mol. The van der Waals surface area contributed by atoms with Gasteiger partial charge in [-0.1, -0.05) is 49.4 Å². The molecule has 0 aliphatic rings. The molecule has 0 aromatic heterocycles. The summed E-state index contributed by atoms with van der Waals surface area (Å²) in [6, 6.07) is 27.5. The van der Waals surface area contributed by atoms with E-state index in [1.807, 2.05) is 66.7 Å². The summed E-state index contributed by atoms with van der Waals surface area (Å²) in [6.45, 7) is 5.64. The van der Waals surface area contributed by atoms with E-state index in [4.69, 9.17) is 18.9 Å². The van der Waals surface area contributed by atoms with Gasteiger partial charge in [-0.15, -0.1) is 0 Å². The molecule has 0 fully saturated rings. The third-order valence-corrected chi connectivity index (χ3v) is 7.16. The van der Waals surface area contributed by atoms with Crippen LogP contribution in [0.25, 0.3) is 11.1 Å². The molecule has 4 aromatic carbocycles. The molecule has 0 atom stereocenters. The topological polar surface area (TPSA) is 116 Å². The quantitative estimate of drug-likeness (QED) is 0.175. The molecule has 0 saturated carbocycles. The number of ether oxygens (including phenoxy) is 4. The Bertz CT molecular complexity index is 1560. The molecule has 0 radical (unpaired) electrons. The van der Waals surface area contributed by atoms with Crippen LogP contribution in [0.5, 0.6) is 23.0 Å². The second-order valence-corrected chi connectivity index (χ2v) is 10.2. The Labute approximate surface area is 261 Å². The molecule has 8 nitrogen and oxygen atoms in total. The van der Waals surface area contributed by atoms with Crippen LogP contribution in [0.1, 0.15) is 36.1 Å². The predicted molar refractivity (Wildman–Crippen MR) is 171 cm³/mol. The number of hydrogen-bond donors (Lipinski definition) is 2. The minimum Gasteiger partial charge on any atom is -0.493 e. The number of nitrogens with one attached hydrogen (secondary N) is 1. The third kappa shape index (κ3) is 9.77. The Morgan fingerprint density at radius 3 is 2.33 bits per heavy atom. The van der Waals surface area contributed by atoms with Crippen LogP contribution < -0.4 is 30.0 Å². The third-order valence-electron chi connectivity index (χ3n) is 6.22. The maximum atomic E-state index is 9.22. The first-order valence-corrected chi connectivity index (χ1v) is 14.4. The Morgan fingerprint density at radius 2 is 1.63 bits per heavy atom. The van der Waals surface area contributed by atoms with Crippen LogP contribution >= 0.6 is 15.9 Å². The van der Waals surface area contributed by atoms with Crippen LogP contribution in [-0.2, 0) is 24.6 Å². The summed E-state index contributed by atoms with van der Waals surface area (Å²) >= 11 is 3.78. The van der Waals surface area contributed by atoms with Crippen molar-refractivity contribution in [2.24, 2.45) is 5.73 Å². The lowest BCUT2D eigenvalue weighted by Gasteiger charge is -2.16. The molecule has 0 aliphatic heterocycles. The standard InChI is InChI=1S/C32H31BrN2O4.C2H5NO/c1-4-35-19-25-11-13-27(17-30(25)39-20-23-8-5-7-22(15-23)18-34)38-21-26-9-6-10-28(32(26)33)24-12-14-29(36-2)31(16-24)37-3;1-2(3)4/h5-17,35H,4,19-21H2,1-3H3;1H3,(H2,3,4). The lowest BCUT2D eigenvalue weighted by molar-refractivity contribution is -0.115. The molecule has 1 amide bonds. The normalized spacial score (nSPS) is 10.1. The number of methoxy groups -OCH3 is 2. The van der Waals surface area contributed by atoms with E-state index in [2.05, 4.69) is 46.0 Å². The van der Waals surface area contributed by atoms with Gasteiger partial charge in [0.25, 0.3) is 0 Å². The minimum atomic E-state index is -0.333. The zero-order chi connectivity index (χ0) is 31.2. The average Bonchev–Trinajstić information content (AvgIpc) is 3.02. The fraction of sp³-hybridized carbons (Fsp3) is 0.235. The first kappa shape index (κ1) is 33.0. The molecule has 224 valence electrons. The second kappa shape index (κ2) is 16.8. The van der Waals surface area contributed by atoms with Gasteiger partial charge in [0.2, 0.25) is 5.91 Å². The number of carbonyl (C=O) groups excluding carboxylic acids is 1. The van der Waals surface area contributed by atoms with Gasteiger partial charge in [0.1, 0.15) is 24.7 Å². The molecule has 0 unspecified atom stereocenters. The molecular weight excluding hydrogens is 610 g/mol. The van der Waals surface area contributed by atoms with E-state index in [9.17, 15) is 10.1 Å². The zero-order valence-corrected chi connectivity index (χ0v) is 26.4. The van der Waals surface area contributed by atoms with E-state index in [0.717, 1.165) is 44.6 Å². The van der Waals surface area contributed by atoms with Gasteiger partial charge in [0, 0.05) is 35.1 Å². The number of hydrogen-bond acceptors (Lipinski definition) is 7. The van der Waals surface area contributed by atoms with Crippen LogP contribution in [0.4, 0.5) is 0 Å². The van der Waals surface area contributed by atoms with Crippen molar-refractivity contribution in [2.75, 3.05) is 20.8 Å². The summed E-state index contributed by atoms with van der Waals surface area (Å²) in [5.74, 6) is 2.48. The van der Waals surface area contributed by atoms with E-state index in [1.54, 1.807) is 20.3 Å². The van der Waals surface area contributed by atoms with Gasteiger partial charge in [0.15, 0.2) is 11.5 Å². The zero-order valence-electron chi connectivity index (χ0n) is 24.8. The summed E-state index contributed by atoms with van der Waals surface area (Å²) in [5.41, 5.74) is 10.1. The van der Waals surface area contributed by atoms with Gasteiger partial charge in [-0.25, -0.2) is 0 Å². The van der Waals surface area contributed by atoms with Gasteiger partial charge in [0.05, 0.1) is 25.9 Å². The molecule has 3 N–H and O–H groups in total. The molecular formula is C34H36BrN3O5. The molecule has 9 heteroatoms. The summed E-state index contributed by atoms with van der Waals surface area (Å²) in [6.07, 6.45) is 0. The highest BCUT2D eigenvalue weighted by Gasteiger charge is 2.13. The van der Waals surface area contributed by atoms with E-state index in [1.165, 1.54) is 6.92 Å². The largest absolute Gasteiger partial charge is 0.493 e. The maximum Gasteiger partial charge on any atom is 0.214 e. The fourth-order valence-electron chi connectivity index (χ4n) is 4.14. The predicted octanol–water partition coefficient (Wildman–Crippen LogP) is 6.76. The van der Waals surface area contributed by atoms with Crippen molar-refractivity contribution < 1.29 is 23.7 Å². The van der Waals surface area contributed by atoms with Crippen molar-refractivity contribution >= 4 is 21.8 Å². The van der Waals surface area contributed by atoms with Crippen molar-refractivity contribution in [1.29, 1.82) is 5.26 Å². The first-order chi connectivity index (χ1) is 20.8. The van der Waals surface area contributed by atoms with Crippen LogP contribution in [-0.4, -0.2) is 26.7 Å². The summed E-state index contributed by atoms with van der Waals surface area (Å²) < 4.78 is 24.2. The van der Waals surface area contributed by atoms with Crippen LogP contribution in [0.3, 0.4) is 0 Å². The van der Waals surface area contributed by atoms with Crippen LogP contribution in [0.15, 0.2) is 83.3 Å². The van der Waals surface area contributed by atoms with Gasteiger partial charge in [-0.2, -0.15) is 5.26 Å². The van der Waals surface area contributed by atoms with Crippen molar-refractivity contribution in [3.63, 3.8) is 0 Å². The number of nitriles is 1. The van der Waals surface area contributed by atoms with Gasteiger partial charge >= 0.3 is 0 Å². The Morgan fingerprint density at radius 1 is 0.884 bits per heavy atom. The molecule has 0 saturated heterocycles. The second-order valence-electron chi connectivity index (χ2n) is 9.40. The highest BCUT2D eigenvalue weighted by molar-refractivity contribution is 9.10. The van der Waals surface area contributed by atoms with Gasteiger partial charge in [-0.3, -0.25) is 4.79 Å². The van der Waals surface area contributed by atoms with Gasteiger partial charge in [-0.05, 0) is 69.5 Å². The molecule has 0 spiro atoms. The lowest BCUT2D eigenvalue weighted by atomic mass is 10.0. The molecule has 0 heterocycles. The summed E-state index contributed by atoms with van der Waals surface area (Å²) in [7, 11) is 3.26. The van der Waals surface area contributed by atoms with E-state index in [0.29, 0.717) is 42.6 Å². The van der Waals surface area contributed by atoms with Gasteiger partial charge < -0.3 is 30.0 Å². The van der Waals surface area contributed by atoms with Crippen molar-refractivity contribution in [3.8, 4) is 40.2 Å². The van der Waals surface area contributed by atoms with E-state index < -0.39 is 0 Å². The number of halogens is 1. The van der Waals surface area contributed by atoms with Crippen molar-refractivity contribution in [2.45, 2.75) is 33.6 Å². The Balaban J connectivity index is 0.00000119. The Hall–Kier alpha value is -4.52. The number of amides is 1. The van der Waals surface area contributed by atoms with Crippen LogP contribution in [0, 0.1) is 11.3 Å². The number of carbonyl (C=O) groups is 1. The highest BCUT2D eigenvalue weighted by atomic mass is 79.9. The number of benzene rings is 4. The molecule has 4 rings (SSSR count). The minimum absolute atomic E-state index is 0.333. The number of primary amides is 1. The van der Waals surface area contributed by atoms with Crippen LogP contribution in [0.2, 0.25) is 0 Å². The molecule has 0 bridgehead atoms. The molecule has 0 aliphatic carbocycles. The molecule has 4 aromatic rings. The molecule has 43 heavy (non-hydrogen) atoms.